The van der Waals surface area contributed by atoms with Crippen molar-refractivity contribution in [3.8, 4) is 0 Å². The number of ether oxygens (including phenoxy) is 1. The largest absolute Gasteiger partial charge is 0.444 e. The Balaban J connectivity index is 1.83. The van der Waals surface area contributed by atoms with Gasteiger partial charge in [0.05, 0.1) is 23.9 Å². The Kier molecular flexibility index (Phi) is 6.95. The second kappa shape index (κ2) is 9.05. The van der Waals surface area contributed by atoms with E-state index >= 15 is 0 Å². The zero-order chi connectivity index (χ0) is 26.4. The number of alkyl carbamates (subject to hydrolysis) is 1. The number of carbonyl (C=O) groups is 2. The maximum atomic E-state index is 13.5. The average Bonchev–Trinajstić information content (AvgIpc) is 3.06. The van der Waals surface area contributed by atoms with Crippen molar-refractivity contribution in [2.75, 3.05) is 6.54 Å². The summed E-state index contributed by atoms with van der Waals surface area (Å²) < 4.78 is 86.2. The van der Waals surface area contributed by atoms with Gasteiger partial charge in [-0.15, -0.1) is 0 Å². The van der Waals surface area contributed by atoms with Crippen LogP contribution in [-0.4, -0.2) is 45.8 Å². The van der Waals surface area contributed by atoms with Gasteiger partial charge in [0.15, 0.2) is 0 Å². The molecule has 7 nitrogen and oxygen atoms in total. The van der Waals surface area contributed by atoms with Crippen LogP contribution >= 0.6 is 0 Å². The smallest absolute Gasteiger partial charge is 0.416 e. The van der Waals surface area contributed by atoms with Gasteiger partial charge < -0.3 is 19.5 Å². The molecule has 1 aliphatic carbocycles. The average molecular weight is 511 g/mol. The van der Waals surface area contributed by atoms with Gasteiger partial charge in [0.1, 0.15) is 5.60 Å². The standard InChI is InChI=1S/C22H27F6N3O4/c1-19(2,3)35-18(34)29-14-4-5-20(10-14,12-21(23,24)25)17(33)30-6-7-31-15(11-30)8-13(9-16(31)32)22(26,27)28/h8-9,14H,4-7,10-12H2,1-3H3,(H,29,34)/t14-,20+/m1/s1. The number of alkyl halides is 6. The van der Waals surface area contributed by atoms with E-state index in [1.807, 2.05) is 0 Å². The van der Waals surface area contributed by atoms with Crippen molar-refractivity contribution in [3.63, 3.8) is 0 Å². The molecule has 2 amide bonds. The molecular weight excluding hydrogens is 484 g/mol. The molecule has 0 saturated heterocycles. The van der Waals surface area contributed by atoms with Crippen molar-refractivity contribution in [2.24, 2.45) is 5.41 Å². The summed E-state index contributed by atoms with van der Waals surface area (Å²) in [5, 5.41) is 2.51. The first kappa shape index (κ1) is 26.9. The van der Waals surface area contributed by atoms with Crippen molar-refractivity contribution >= 4 is 12.0 Å². The number of hydrogen-bond donors (Lipinski definition) is 1. The van der Waals surface area contributed by atoms with E-state index in [0.717, 1.165) is 15.5 Å². The molecule has 196 valence electrons. The van der Waals surface area contributed by atoms with Crippen LogP contribution in [0.15, 0.2) is 16.9 Å². The summed E-state index contributed by atoms with van der Waals surface area (Å²) in [7, 11) is 0. The van der Waals surface area contributed by atoms with E-state index in [4.69, 9.17) is 4.74 Å². The van der Waals surface area contributed by atoms with Crippen LogP contribution in [0.25, 0.3) is 0 Å². The number of aromatic nitrogens is 1. The Labute approximate surface area is 197 Å². The molecule has 0 spiro atoms. The minimum Gasteiger partial charge on any atom is -0.444 e. The van der Waals surface area contributed by atoms with Crippen molar-refractivity contribution in [2.45, 2.75) is 83.5 Å². The lowest BCUT2D eigenvalue weighted by Crippen LogP contribution is -2.50. The van der Waals surface area contributed by atoms with E-state index in [2.05, 4.69) is 5.32 Å². The molecular formula is C22H27F6N3O4. The number of carbonyl (C=O) groups excluding carboxylic acids is 2. The van der Waals surface area contributed by atoms with E-state index in [0.29, 0.717) is 6.07 Å². The number of amides is 2. The van der Waals surface area contributed by atoms with Gasteiger partial charge in [-0.05, 0) is 46.1 Å². The fourth-order valence-corrected chi connectivity index (χ4v) is 4.74. The van der Waals surface area contributed by atoms with Gasteiger partial charge in [-0.25, -0.2) is 4.79 Å². The summed E-state index contributed by atoms with van der Waals surface area (Å²) in [4.78, 5) is 38.7. The Bertz CT molecular complexity index is 1040. The predicted molar refractivity (Wildman–Crippen MR) is 111 cm³/mol. The molecule has 0 aromatic carbocycles. The zero-order valence-corrected chi connectivity index (χ0v) is 19.5. The van der Waals surface area contributed by atoms with Crippen LogP contribution in [0.1, 0.15) is 57.7 Å². The number of rotatable bonds is 3. The Morgan fingerprint density at radius 3 is 2.34 bits per heavy atom. The van der Waals surface area contributed by atoms with E-state index in [9.17, 15) is 40.7 Å². The normalized spacial score (nSPS) is 23.1. The van der Waals surface area contributed by atoms with Crippen molar-refractivity contribution in [1.29, 1.82) is 0 Å². The minimum atomic E-state index is -4.79. The lowest BCUT2D eigenvalue weighted by molar-refractivity contribution is -0.175. The molecule has 0 radical (unpaired) electrons. The van der Waals surface area contributed by atoms with Gasteiger partial charge >= 0.3 is 18.4 Å². The van der Waals surface area contributed by atoms with Gasteiger partial charge in [-0.2, -0.15) is 26.3 Å². The second-order valence-corrected chi connectivity index (χ2v) is 10.1. The predicted octanol–water partition coefficient (Wildman–Crippen LogP) is 4.23. The maximum absolute atomic E-state index is 13.5. The van der Waals surface area contributed by atoms with Crippen molar-refractivity contribution < 1.29 is 40.7 Å². The number of nitrogens with zero attached hydrogens (tertiary/aromatic N) is 2. The van der Waals surface area contributed by atoms with Crippen LogP contribution in [0.3, 0.4) is 0 Å². The number of hydrogen-bond acceptors (Lipinski definition) is 4. The molecule has 3 rings (SSSR count). The first-order valence-corrected chi connectivity index (χ1v) is 11.1. The molecule has 1 N–H and O–H groups in total. The number of pyridine rings is 1. The van der Waals surface area contributed by atoms with Gasteiger partial charge in [0.2, 0.25) is 5.91 Å². The highest BCUT2D eigenvalue weighted by atomic mass is 19.4. The van der Waals surface area contributed by atoms with Crippen LogP contribution in [-0.2, 0) is 28.8 Å². The molecule has 2 aliphatic rings. The maximum Gasteiger partial charge on any atom is 0.416 e. The van der Waals surface area contributed by atoms with E-state index in [-0.39, 0.29) is 38.0 Å². The van der Waals surface area contributed by atoms with Gasteiger partial charge in [-0.1, -0.05) is 0 Å². The van der Waals surface area contributed by atoms with Crippen LogP contribution in [0.4, 0.5) is 31.1 Å². The molecule has 1 aliphatic heterocycles. The zero-order valence-electron chi connectivity index (χ0n) is 19.5. The van der Waals surface area contributed by atoms with Gasteiger partial charge in [0, 0.05) is 30.9 Å². The number of halogens is 6. The third-order valence-electron chi connectivity index (χ3n) is 6.10. The van der Waals surface area contributed by atoms with Crippen LogP contribution < -0.4 is 10.9 Å². The third kappa shape index (κ3) is 6.49. The molecule has 13 heteroatoms. The quantitative estimate of drug-likeness (QED) is 0.617. The lowest BCUT2D eigenvalue weighted by Gasteiger charge is -2.38. The summed E-state index contributed by atoms with van der Waals surface area (Å²) in [5.74, 6) is -0.862. The van der Waals surface area contributed by atoms with Gasteiger partial charge in [0.25, 0.3) is 5.56 Å². The monoisotopic (exact) mass is 511 g/mol. The topological polar surface area (TPSA) is 80.6 Å². The number of fused-ring (bicyclic) bond motifs is 1. The molecule has 1 aromatic heterocycles. The van der Waals surface area contributed by atoms with Crippen LogP contribution in [0.2, 0.25) is 0 Å². The van der Waals surface area contributed by atoms with E-state index < -0.39 is 65.5 Å². The molecule has 1 fully saturated rings. The van der Waals surface area contributed by atoms with Crippen molar-refractivity contribution in [1.82, 2.24) is 14.8 Å². The van der Waals surface area contributed by atoms with E-state index in [1.165, 1.54) is 0 Å². The molecule has 2 atom stereocenters. The fourth-order valence-electron chi connectivity index (χ4n) is 4.74. The Morgan fingerprint density at radius 1 is 1.11 bits per heavy atom. The molecule has 1 saturated carbocycles. The lowest BCUT2D eigenvalue weighted by atomic mass is 9.80. The Morgan fingerprint density at radius 2 is 1.77 bits per heavy atom. The van der Waals surface area contributed by atoms with Crippen LogP contribution in [0.5, 0.6) is 0 Å². The first-order chi connectivity index (χ1) is 15.9. The highest BCUT2D eigenvalue weighted by Crippen LogP contribution is 2.48. The molecule has 35 heavy (non-hydrogen) atoms. The molecule has 2 heterocycles. The fraction of sp³-hybridized carbons (Fsp3) is 0.682. The highest BCUT2D eigenvalue weighted by molar-refractivity contribution is 5.83. The highest BCUT2D eigenvalue weighted by Gasteiger charge is 2.53. The summed E-state index contributed by atoms with van der Waals surface area (Å²) in [6, 6.07) is 0.446. The summed E-state index contributed by atoms with van der Waals surface area (Å²) in [6.07, 6.45) is -12.1. The van der Waals surface area contributed by atoms with Crippen molar-refractivity contribution in [3.05, 3.63) is 33.7 Å². The molecule has 0 unspecified atom stereocenters. The molecule has 1 aromatic rings. The van der Waals surface area contributed by atoms with Crippen LogP contribution in [0, 0.1) is 5.41 Å². The summed E-state index contributed by atoms with van der Waals surface area (Å²) in [5.41, 5.74) is -4.89. The van der Waals surface area contributed by atoms with E-state index in [1.54, 1.807) is 20.8 Å². The third-order valence-corrected chi connectivity index (χ3v) is 6.10. The molecule has 0 bridgehead atoms. The Hall–Kier alpha value is -2.73. The second-order valence-electron chi connectivity index (χ2n) is 10.1. The van der Waals surface area contributed by atoms with Gasteiger partial charge in [-0.3, -0.25) is 9.59 Å². The summed E-state index contributed by atoms with van der Waals surface area (Å²) >= 11 is 0. The number of nitrogens with one attached hydrogen (secondary N) is 1. The minimum absolute atomic E-state index is 0.100. The first-order valence-electron chi connectivity index (χ1n) is 11.1. The summed E-state index contributed by atoms with van der Waals surface area (Å²) in [6.45, 7) is 4.19. The SMILES string of the molecule is CC(C)(C)OC(=O)N[C@@H]1CC[C@](CC(F)(F)F)(C(=O)N2CCn3c(cc(C(F)(F)F)cc3=O)C2)C1.